The van der Waals surface area contributed by atoms with E-state index in [1.807, 2.05) is 6.92 Å². The second-order valence-electron chi connectivity index (χ2n) is 3.77. The van der Waals surface area contributed by atoms with Crippen LogP contribution in [-0.2, 0) is 14.8 Å². The van der Waals surface area contributed by atoms with Gasteiger partial charge in [-0.15, -0.1) is 0 Å². The highest BCUT2D eigenvalue weighted by atomic mass is 32.2. The van der Waals surface area contributed by atoms with Gasteiger partial charge in [-0.25, -0.2) is 8.42 Å². The molecule has 0 aliphatic rings. The third-order valence-electron chi connectivity index (χ3n) is 2.30. The van der Waals surface area contributed by atoms with Crippen LogP contribution in [0.25, 0.3) is 0 Å². The lowest BCUT2D eigenvalue weighted by Crippen LogP contribution is -2.43. The zero-order chi connectivity index (χ0) is 13.1. The predicted molar refractivity (Wildman–Crippen MR) is 65.0 cm³/mol. The normalized spacial score (nSPS) is 13.1. The van der Waals surface area contributed by atoms with Crippen LogP contribution in [0, 0.1) is 6.92 Å². The fourth-order valence-electron chi connectivity index (χ4n) is 1.29. The number of amides is 1. The maximum Gasteiger partial charge on any atom is 0.241 e. The lowest BCUT2D eigenvalue weighted by atomic mass is 10.2. The molecular weight excluding hydrogens is 240 g/mol. The highest BCUT2D eigenvalue weighted by Gasteiger charge is 2.20. The Morgan fingerprint density at radius 3 is 2.24 bits per heavy atom. The van der Waals surface area contributed by atoms with Crippen molar-refractivity contribution in [2.24, 2.45) is 0 Å². The molecule has 1 rings (SSSR count). The summed E-state index contributed by atoms with van der Waals surface area (Å²) in [6.45, 7) is 3.36. The summed E-state index contributed by atoms with van der Waals surface area (Å²) in [6.07, 6.45) is 0. The molecule has 0 heterocycles. The van der Waals surface area contributed by atoms with Crippen molar-refractivity contribution in [2.45, 2.75) is 24.8 Å². The van der Waals surface area contributed by atoms with Gasteiger partial charge in [-0.2, -0.15) is 4.72 Å². The predicted octanol–water partition coefficient (Wildman–Crippen LogP) is 0.408. The Hall–Kier alpha value is -1.40. The molecule has 94 valence electrons. The quantitative estimate of drug-likeness (QED) is 0.819. The van der Waals surface area contributed by atoms with E-state index in [2.05, 4.69) is 10.0 Å². The zero-order valence-corrected chi connectivity index (χ0v) is 10.8. The molecule has 0 saturated heterocycles. The second kappa shape index (κ2) is 5.29. The van der Waals surface area contributed by atoms with Gasteiger partial charge in [-0.05, 0) is 26.0 Å². The molecule has 0 radical (unpaired) electrons. The number of likely N-dealkylation sites (N-methyl/N-ethyl adjacent to an activating group) is 1. The van der Waals surface area contributed by atoms with Gasteiger partial charge in [0.25, 0.3) is 0 Å². The SMILES string of the molecule is CNC(=O)C(C)NS(=O)(=O)c1ccc(C)cc1. The van der Waals surface area contributed by atoms with Crippen LogP contribution in [0.15, 0.2) is 29.2 Å². The molecule has 0 aromatic heterocycles. The minimum Gasteiger partial charge on any atom is -0.358 e. The molecule has 0 spiro atoms. The zero-order valence-electron chi connectivity index (χ0n) is 10.0. The van der Waals surface area contributed by atoms with Gasteiger partial charge in [0.15, 0.2) is 0 Å². The smallest absolute Gasteiger partial charge is 0.241 e. The molecule has 6 heteroatoms. The minimum atomic E-state index is -3.64. The van der Waals surface area contributed by atoms with E-state index in [-0.39, 0.29) is 10.8 Å². The molecule has 1 aromatic carbocycles. The lowest BCUT2D eigenvalue weighted by Gasteiger charge is -2.12. The monoisotopic (exact) mass is 256 g/mol. The fraction of sp³-hybridized carbons (Fsp3) is 0.364. The van der Waals surface area contributed by atoms with Crippen LogP contribution in [-0.4, -0.2) is 27.4 Å². The van der Waals surface area contributed by atoms with E-state index in [1.165, 1.54) is 26.1 Å². The van der Waals surface area contributed by atoms with E-state index in [0.717, 1.165) is 5.56 Å². The van der Waals surface area contributed by atoms with Gasteiger partial charge in [-0.3, -0.25) is 4.79 Å². The summed E-state index contributed by atoms with van der Waals surface area (Å²) in [5, 5.41) is 2.38. The van der Waals surface area contributed by atoms with E-state index in [4.69, 9.17) is 0 Å². The second-order valence-corrected chi connectivity index (χ2v) is 5.48. The van der Waals surface area contributed by atoms with Crippen molar-refractivity contribution in [1.29, 1.82) is 0 Å². The van der Waals surface area contributed by atoms with Crippen molar-refractivity contribution in [3.05, 3.63) is 29.8 Å². The molecule has 17 heavy (non-hydrogen) atoms. The van der Waals surface area contributed by atoms with Crippen molar-refractivity contribution >= 4 is 15.9 Å². The van der Waals surface area contributed by atoms with Crippen LogP contribution in [0.5, 0.6) is 0 Å². The van der Waals surface area contributed by atoms with Crippen LogP contribution in [0.4, 0.5) is 0 Å². The number of benzene rings is 1. The van der Waals surface area contributed by atoms with E-state index in [9.17, 15) is 13.2 Å². The average molecular weight is 256 g/mol. The molecule has 1 amide bonds. The van der Waals surface area contributed by atoms with E-state index in [1.54, 1.807) is 12.1 Å². The fourth-order valence-corrected chi connectivity index (χ4v) is 2.49. The standard InChI is InChI=1S/C11H16N2O3S/c1-8-4-6-10(7-5-8)17(15,16)13-9(2)11(14)12-3/h4-7,9,13H,1-3H3,(H,12,14). The molecule has 0 bridgehead atoms. The van der Waals surface area contributed by atoms with Crippen molar-refractivity contribution in [3.8, 4) is 0 Å². The summed E-state index contributed by atoms with van der Waals surface area (Å²) in [7, 11) is -2.18. The van der Waals surface area contributed by atoms with Crippen molar-refractivity contribution in [2.75, 3.05) is 7.05 Å². The number of aryl methyl sites for hydroxylation is 1. The molecular formula is C11H16N2O3S. The Labute approximate surface area is 101 Å². The molecule has 5 nitrogen and oxygen atoms in total. The summed E-state index contributed by atoms with van der Waals surface area (Å²) in [5.41, 5.74) is 0.975. The van der Waals surface area contributed by atoms with Crippen molar-refractivity contribution < 1.29 is 13.2 Å². The molecule has 0 saturated carbocycles. The Morgan fingerprint density at radius 2 is 1.76 bits per heavy atom. The molecule has 0 fully saturated rings. The van der Waals surface area contributed by atoms with Crippen LogP contribution in [0.2, 0.25) is 0 Å². The topological polar surface area (TPSA) is 75.3 Å². The first-order valence-electron chi connectivity index (χ1n) is 5.17. The van der Waals surface area contributed by atoms with E-state index < -0.39 is 16.1 Å². The molecule has 0 aliphatic carbocycles. The van der Waals surface area contributed by atoms with Crippen LogP contribution < -0.4 is 10.0 Å². The Kier molecular flexibility index (Phi) is 4.25. The van der Waals surface area contributed by atoms with Gasteiger partial charge < -0.3 is 5.32 Å². The molecule has 0 aliphatic heterocycles. The average Bonchev–Trinajstić information content (AvgIpc) is 2.27. The van der Waals surface area contributed by atoms with Gasteiger partial charge in [0.2, 0.25) is 15.9 Å². The highest BCUT2D eigenvalue weighted by molar-refractivity contribution is 7.89. The van der Waals surface area contributed by atoms with Crippen LogP contribution >= 0.6 is 0 Å². The summed E-state index contributed by atoms with van der Waals surface area (Å²) in [6, 6.07) is 5.63. The third-order valence-corrected chi connectivity index (χ3v) is 3.86. The maximum atomic E-state index is 11.9. The van der Waals surface area contributed by atoms with Gasteiger partial charge in [-0.1, -0.05) is 17.7 Å². The first-order chi connectivity index (χ1) is 7.86. The molecule has 1 unspecified atom stereocenters. The first kappa shape index (κ1) is 13.7. The largest absolute Gasteiger partial charge is 0.358 e. The van der Waals surface area contributed by atoms with Gasteiger partial charge >= 0.3 is 0 Å². The summed E-state index contributed by atoms with van der Waals surface area (Å²) in [5.74, 6) is -0.374. The number of carbonyl (C=O) groups excluding carboxylic acids is 1. The first-order valence-corrected chi connectivity index (χ1v) is 6.65. The Bertz CT molecular complexity index is 494. The summed E-state index contributed by atoms with van der Waals surface area (Å²) >= 11 is 0. The summed E-state index contributed by atoms with van der Waals surface area (Å²) in [4.78, 5) is 11.4. The molecule has 2 N–H and O–H groups in total. The lowest BCUT2D eigenvalue weighted by molar-refractivity contribution is -0.121. The van der Waals surface area contributed by atoms with Crippen LogP contribution in [0.1, 0.15) is 12.5 Å². The maximum absolute atomic E-state index is 11.9. The van der Waals surface area contributed by atoms with Gasteiger partial charge in [0, 0.05) is 7.05 Å². The van der Waals surface area contributed by atoms with Gasteiger partial charge in [0.1, 0.15) is 0 Å². The number of hydrogen-bond donors (Lipinski definition) is 2. The number of carbonyl (C=O) groups is 1. The molecule has 1 atom stereocenters. The van der Waals surface area contributed by atoms with E-state index in [0.29, 0.717) is 0 Å². The number of nitrogens with one attached hydrogen (secondary N) is 2. The molecule has 1 aromatic rings. The van der Waals surface area contributed by atoms with Crippen LogP contribution in [0.3, 0.4) is 0 Å². The summed E-state index contributed by atoms with van der Waals surface area (Å²) < 4.78 is 26.1. The third kappa shape index (κ3) is 3.54. The number of sulfonamides is 1. The van der Waals surface area contributed by atoms with Gasteiger partial charge in [0.05, 0.1) is 10.9 Å². The number of rotatable bonds is 4. The van der Waals surface area contributed by atoms with Crippen molar-refractivity contribution in [1.82, 2.24) is 10.0 Å². The highest BCUT2D eigenvalue weighted by Crippen LogP contribution is 2.10. The van der Waals surface area contributed by atoms with Crippen molar-refractivity contribution in [3.63, 3.8) is 0 Å². The Balaban J connectivity index is 2.89. The Morgan fingerprint density at radius 1 is 1.24 bits per heavy atom. The minimum absolute atomic E-state index is 0.152. The number of hydrogen-bond acceptors (Lipinski definition) is 3. The van der Waals surface area contributed by atoms with E-state index >= 15 is 0 Å².